The van der Waals surface area contributed by atoms with Gasteiger partial charge in [0.2, 0.25) is 0 Å². The molecule has 26 heavy (non-hydrogen) atoms. The van der Waals surface area contributed by atoms with Crippen LogP contribution in [-0.2, 0) is 4.79 Å². The number of thioether (sulfide) groups is 1. The number of amidine groups is 1. The molecule has 1 fully saturated rings. The van der Waals surface area contributed by atoms with E-state index in [2.05, 4.69) is 9.98 Å². The molecule has 0 aromatic heterocycles. The molecule has 0 spiro atoms. The number of ketones is 1. The quantitative estimate of drug-likeness (QED) is 0.424. The standard InChI is InChI=1S/C20H23N3O2S/c1-5-8-15(12-21-4)13-23-19(25)18(6-2)26-20(23)22-17-10-7-9-16(11-17)14(3)24/h6-12H,5,13H2,1-4H3/b15-8+,18-6+,21-12?,22-20?. The van der Waals surface area contributed by atoms with Crippen LogP contribution in [0.1, 0.15) is 37.6 Å². The highest BCUT2D eigenvalue weighted by Crippen LogP contribution is 2.33. The van der Waals surface area contributed by atoms with Crippen LogP contribution in [0.2, 0.25) is 0 Å². The first-order chi connectivity index (χ1) is 12.5. The molecule has 136 valence electrons. The van der Waals surface area contributed by atoms with E-state index in [9.17, 15) is 9.59 Å². The number of rotatable bonds is 6. The molecule has 0 aliphatic carbocycles. The van der Waals surface area contributed by atoms with Crippen molar-refractivity contribution in [1.29, 1.82) is 0 Å². The van der Waals surface area contributed by atoms with E-state index in [1.807, 2.05) is 26.0 Å². The van der Waals surface area contributed by atoms with E-state index in [0.717, 1.165) is 12.0 Å². The summed E-state index contributed by atoms with van der Waals surface area (Å²) in [6.07, 6.45) is 6.47. The summed E-state index contributed by atoms with van der Waals surface area (Å²) >= 11 is 1.34. The first-order valence-electron chi connectivity index (χ1n) is 8.47. The van der Waals surface area contributed by atoms with Crippen molar-refractivity contribution in [1.82, 2.24) is 4.90 Å². The fourth-order valence-electron chi connectivity index (χ4n) is 2.50. The molecule has 1 aromatic rings. The van der Waals surface area contributed by atoms with Gasteiger partial charge in [-0.05, 0) is 49.7 Å². The minimum absolute atomic E-state index is 0.0134. The van der Waals surface area contributed by atoms with E-state index >= 15 is 0 Å². The molecular weight excluding hydrogens is 346 g/mol. The number of carbonyl (C=O) groups is 2. The summed E-state index contributed by atoms with van der Waals surface area (Å²) in [4.78, 5) is 35.3. The maximum Gasteiger partial charge on any atom is 0.266 e. The van der Waals surface area contributed by atoms with E-state index in [1.165, 1.54) is 18.7 Å². The van der Waals surface area contributed by atoms with Gasteiger partial charge in [0.1, 0.15) is 0 Å². The molecule has 1 amide bonds. The number of amides is 1. The van der Waals surface area contributed by atoms with Gasteiger partial charge in [-0.3, -0.25) is 19.5 Å². The topological polar surface area (TPSA) is 62.1 Å². The van der Waals surface area contributed by atoms with Gasteiger partial charge in [0.25, 0.3) is 5.91 Å². The smallest absolute Gasteiger partial charge is 0.266 e. The zero-order valence-electron chi connectivity index (χ0n) is 15.5. The molecule has 0 unspecified atom stereocenters. The Kier molecular flexibility index (Phi) is 7.09. The van der Waals surface area contributed by atoms with Crippen molar-refractivity contribution in [3.05, 3.63) is 52.5 Å². The third kappa shape index (κ3) is 4.79. The summed E-state index contributed by atoms with van der Waals surface area (Å²) in [5, 5.41) is 0.607. The van der Waals surface area contributed by atoms with E-state index in [4.69, 9.17) is 0 Å². The van der Waals surface area contributed by atoms with Gasteiger partial charge < -0.3 is 0 Å². The SMILES string of the molecule is C/C=C1/SC(=Nc2cccc(C(C)=O)c2)N(C/C(C=NC)=C/CC)C1=O. The number of carbonyl (C=O) groups excluding carboxylic acids is 2. The Labute approximate surface area is 158 Å². The number of benzene rings is 1. The minimum atomic E-state index is -0.0644. The Hall–Kier alpha value is -2.47. The lowest BCUT2D eigenvalue weighted by atomic mass is 10.1. The van der Waals surface area contributed by atoms with Crippen LogP contribution in [0.25, 0.3) is 0 Å². The summed E-state index contributed by atoms with van der Waals surface area (Å²) in [6.45, 7) is 5.83. The summed E-state index contributed by atoms with van der Waals surface area (Å²) in [6, 6.07) is 7.12. The Morgan fingerprint density at radius 2 is 2.12 bits per heavy atom. The lowest BCUT2D eigenvalue weighted by molar-refractivity contribution is -0.121. The fraction of sp³-hybridized carbons (Fsp3) is 0.300. The second-order valence-electron chi connectivity index (χ2n) is 5.72. The maximum atomic E-state index is 12.7. The molecule has 2 rings (SSSR count). The molecule has 6 heteroatoms. The molecule has 5 nitrogen and oxygen atoms in total. The second kappa shape index (κ2) is 9.29. The van der Waals surface area contributed by atoms with Crippen LogP contribution in [0.5, 0.6) is 0 Å². The zero-order valence-corrected chi connectivity index (χ0v) is 16.3. The molecule has 0 N–H and O–H groups in total. The molecular formula is C20H23N3O2S. The predicted octanol–water partition coefficient (Wildman–Crippen LogP) is 4.39. The molecule has 1 aromatic carbocycles. The van der Waals surface area contributed by atoms with Crippen LogP contribution in [0.15, 0.2) is 56.9 Å². The largest absolute Gasteiger partial charge is 0.296 e. The molecule has 1 aliphatic heterocycles. The Bertz CT molecular complexity index is 822. The highest BCUT2D eigenvalue weighted by atomic mass is 32.2. The van der Waals surface area contributed by atoms with Crippen LogP contribution < -0.4 is 0 Å². The van der Waals surface area contributed by atoms with Crippen molar-refractivity contribution in [2.24, 2.45) is 9.98 Å². The zero-order chi connectivity index (χ0) is 19.1. The molecule has 0 atom stereocenters. The van der Waals surface area contributed by atoms with Gasteiger partial charge in [0.05, 0.1) is 17.1 Å². The summed E-state index contributed by atoms with van der Waals surface area (Å²) in [5.41, 5.74) is 2.22. The van der Waals surface area contributed by atoms with Crippen LogP contribution in [0, 0.1) is 0 Å². The number of hydrogen-bond donors (Lipinski definition) is 0. The molecule has 1 aliphatic rings. The highest BCUT2D eigenvalue weighted by molar-refractivity contribution is 8.18. The highest BCUT2D eigenvalue weighted by Gasteiger charge is 2.33. The minimum Gasteiger partial charge on any atom is -0.296 e. The molecule has 1 saturated heterocycles. The Morgan fingerprint density at radius 3 is 2.73 bits per heavy atom. The van der Waals surface area contributed by atoms with Gasteiger partial charge in [-0.2, -0.15) is 0 Å². The number of hydrogen-bond acceptors (Lipinski definition) is 5. The predicted molar refractivity (Wildman–Crippen MR) is 109 cm³/mol. The van der Waals surface area contributed by atoms with Crippen LogP contribution in [0.3, 0.4) is 0 Å². The van der Waals surface area contributed by atoms with Gasteiger partial charge in [-0.15, -0.1) is 0 Å². The van der Waals surface area contributed by atoms with Gasteiger partial charge in [0, 0.05) is 18.8 Å². The van der Waals surface area contributed by atoms with Gasteiger partial charge >= 0.3 is 0 Å². The van der Waals surface area contributed by atoms with Crippen LogP contribution >= 0.6 is 11.8 Å². The summed E-state index contributed by atoms with van der Waals surface area (Å²) < 4.78 is 0. The van der Waals surface area contributed by atoms with Gasteiger partial charge in [-0.1, -0.05) is 31.2 Å². The summed E-state index contributed by atoms with van der Waals surface area (Å²) in [7, 11) is 1.71. The van der Waals surface area contributed by atoms with E-state index in [-0.39, 0.29) is 11.7 Å². The lowest BCUT2D eigenvalue weighted by Crippen LogP contribution is -2.31. The third-order valence-corrected chi connectivity index (χ3v) is 4.85. The summed E-state index contributed by atoms with van der Waals surface area (Å²) in [5.74, 6) is -0.0778. The van der Waals surface area contributed by atoms with Crippen molar-refractivity contribution >= 4 is 40.5 Å². The van der Waals surface area contributed by atoms with Crippen LogP contribution in [-0.4, -0.2) is 41.6 Å². The number of aliphatic imine (C=N–C) groups is 2. The van der Waals surface area contributed by atoms with Crippen molar-refractivity contribution in [2.75, 3.05) is 13.6 Å². The lowest BCUT2D eigenvalue weighted by Gasteiger charge is -2.16. The molecule has 0 bridgehead atoms. The Morgan fingerprint density at radius 1 is 1.35 bits per heavy atom. The molecule has 0 radical (unpaired) electrons. The van der Waals surface area contributed by atoms with E-state index in [1.54, 1.807) is 42.4 Å². The maximum absolute atomic E-state index is 12.7. The molecule has 1 heterocycles. The first-order valence-corrected chi connectivity index (χ1v) is 9.28. The van der Waals surface area contributed by atoms with Crippen molar-refractivity contribution < 1.29 is 9.59 Å². The number of allylic oxidation sites excluding steroid dienone is 2. The van der Waals surface area contributed by atoms with Crippen molar-refractivity contribution in [2.45, 2.75) is 27.2 Å². The van der Waals surface area contributed by atoms with E-state index in [0.29, 0.717) is 27.9 Å². The van der Waals surface area contributed by atoms with Crippen molar-refractivity contribution in [3.8, 4) is 0 Å². The number of nitrogens with zero attached hydrogens (tertiary/aromatic N) is 3. The van der Waals surface area contributed by atoms with Crippen molar-refractivity contribution in [3.63, 3.8) is 0 Å². The normalized spacial score (nSPS) is 18.5. The average molecular weight is 369 g/mol. The van der Waals surface area contributed by atoms with Gasteiger partial charge in [0.15, 0.2) is 11.0 Å². The average Bonchev–Trinajstić information content (AvgIpc) is 2.91. The monoisotopic (exact) mass is 369 g/mol. The third-order valence-electron chi connectivity index (χ3n) is 3.73. The van der Waals surface area contributed by atoms with Crippen LogP contribution in [0.4, 0.5) is 5.69 Å². The first kappa shape index (κ1) is 19.8. The molecule has 0 saturated carbocycles. The fourth-order valence-corrected chi connectivity index (χ4v) is 3.42. The Balaban J connectivity index is 2.40. The second-order valence-corrected chi connectivity index (χ2v) is 6.73. The van der Waals surface area contributed by atoms with Gasteiger partial charge in [-0.25, -0.2) is 4.99 Å². The van der Waals surface area contributed by atoms with E-state index < -0.39 is 0 Å². The number of Topliss-reactive ketones (excluding diaryl/α,β-unsaturated/α-hetero) is 1.